The highest BCUT2D eigenvalue weighted by atomic mass is 32.2. The molecule has 0 bridgehead atoms. The van der Waals surface area contributed by atoms with Gasteiger partial charge in [-0.1, -0.05) is 17.3 Å². The predicted molar refractivity (Wildman–Crippen MR) is 121 cm³/mol. The van der Waals surface area contributed by atoms with E-state index in [2.05, 4.69) is 15.0 Å². The zero-order valence-corrected chi connectivity index (χ0v) is 19.5. The Bertz CT molecular complexity index is 1180. The molecule has 0 saturated carbocycles. The number of benzene rings is 2. The number of hydrogen-bond donors (Lipinski definition) is 0. The van der Waals surface area contributed by atoms with Gasteiger partial charge in [0.15, 0.2) is 0 Å². The Balaban J connectivity index is 1.30. The molecule has 2 heterocycles. The molecule has 8 nitrogen and oxygen atoms in total. The number of likely N-dealkylation sites (tertiary alicyclic amines) is 1. The topological polar surface area (TPSA) is 88.8 Å². The minimum Gasteiger partial charge on any atom is -0.492 e. The number of rotatable bonds is 8. The molecule has 2 aromatic carbocycles. The highest BCUT2D eigenvalue weighted by Crippen LogP contribution is 2.28. The molecule has 1 unspecified atom stereocenters. The molecule has 1 aliphatic rings. The highest BCUT2D eigenvalue weighted by molar-refractivity contribution is 7.89. The Hall–Kier alpha value is -2.82. The number of aromatic nitrogens is 2. The van der Waals surface area contributed by atoms with Crippen LogP contribution >= 0.6 is 0 Å². The molecule has 0 spiro atoms. The fourth-order valence-corrected chi connectivity index (χ4v) is 4.72. The Labute approximate surface area is 193 Å². The molecule has 3 aromatic rings. The van der Waals surface area contributed by atoms with Crippen LogP contribution in [0, 0.1) is 5.82 Å². The maximum atomic E-state index is 13.5. The van der Waals surface area contributed by atoms with Crippen molar-refractivity contribution in [3.05, 3.63) is 60.2 Å². The third-order valence-electron chi connectivity index (χ3n) is 5.66. The summed E-state index contributed by atoms with van der Waals surface area (Å²) in [5.74, 6) is 1.36. The zero-order valence-electron chi connectivity index (χ0n) is 18.6. The molecule has 1 saturated heterocycles. The van der Waals surface area contributed by atoms with E-state index in [-0.39, 0.29) is 16.6 Å². The second-order valence-electron chi connectivity index (χ2n) is 8.21. The van der Waals surface area contributed by atoms with E-state index in [1.807, 2.05) is 0 Å². The summed E-state index contributed by atoms with van der Waals surface area (Å²) in [5, 5.41) is 4.02. The summed E-state index contributed by atoms with van der Waals surface area (Å²) in [7, 11) is -0.447. The predicted octanol–water partition coefficient (Wildman–Crippen LogP) is 3.38. The average Bonchev–Trinajstić information content (AvgIpc) is 3.30. The van der Waals surface area contributed by atoms with Crippen molar-refractivity contribution in [2.45, 2.75) is 23.7 Å². The lowest BCUT2D eigenvalue weighted by Crippen LogP contribution is -2.37. The van der Waals surface area contributed by atoms with Gasteiger partial charge in [0.25, 0.3) is 0 Å². The van der Waals surface area contributed by atoms with Crippen molar-refractivity contribution in [1.29, 1.82) is 0 Å². The lowest BCUT2D eigenvalue weighted by atomic mass is 9.98. The second kappa shape index (κ2) is 9.98. The van der Waals surface area contributed by atoms with Gasteiger partial charge in [-0.2, -0.15) is 4.98 Å². The molecule has 10 heteroatoms. The first-order valence-corrected chi connectivity index (χ1v) is 12.2. The van der Waals surface area contributed by atoms with E-state index in [0.29, 0.717) is 29.6 Å². The van der Waals surface area contributed by atoms with E-state index in [9.17, 15) is 12.8 Å². The van der Waals surface area contributed by atoms with E-state index in [1.54, 1.807) is 36.4 Å². The van der Waals surface area contributed by atoms with Crippen LogP contribution in [0.25, 0.3) is 11.4 Å². The third-order valence-corrected chi connectivity index (χ3v) is 7.49. The van der Waals surface area contributed by atoms with Crippen LogP contribution in [0.15, 0.2) is 57.9 Å². The molecule has 1 fully saturated rings. The number of ether oxygens (including phenoxy) is 1. The molecule has 33 heavy (non-hydrogen) atoms. The molecule has 4 rings (SSSR count). The van der Waals surface area contributed by atoms with Gasteiger partial charge in [0.2, 0.25) is 21.7 Å². The Morgan fingerprint density at radius 2 is 2.00 bits per heavy atom. The quantitative estimate of drug-likeness (QED) is 0.494. The highest BCUT2D eigenvalue weighted by Gasteiger charge is 2.26. The van der Waals surface area contributed by atoms with Gasteiger partial charge in [0, 0.05) is 32.7 Å². The van der Waals surface area contributed by atoms with Crippen LogP contribution in [0.5, 0.6) is 5.75 Å². The van der Waals surface area contributed by atoms with Gasteiger partial charge in [-0.3, -0.25) is 4.90 Å². The first-order valence-electron chi connectivity index (χ1n) is 10.8. The van der Waals surface area contributed by atoms with Gasteiger partial charge in [-0.05, 0) is 55.8 Å². The SMILES string of the molecule is CN(C)S(=O)(=O)c1ccc(OCCN2CCCC(c3nc(-c4cccc(F)c4)no3)C2)cc1. The van der Waals surface area contributed by atoms with Gasteiger partial charge in [-0.25, -0.2) is 17.1 Å². The van der Waals surface area contributed by atoms with E-state index in [0.717, 1.165) is 32.5 Å². The summed E-state index contributed by atoms with van der Waals surface area (Å²) in [5.41, 5.74) is 0.593. The largest absolute Gasteiger partial charge is 0.492 e. The standard InChI is InChI=1S/C23H27FN4O4S/c1-27(2)33(29,30)21-10-8-20(9-11-21)31-14-13-28-12-4-6-18(16-28)23-25-22(26-32-23)17-5-3-7-19(24)15-17/h3,5,7-11,15,18H,4,6,12-14,16H2,1-2H3. The van der Waals surface area contributed by atoms with Crippen molar-refractivity contribution < 1.29 is 22.1 Å². The van der Waals surface area contributed by atoms with E-state index in [1.165, 1.54) is 30.5 Å². The van der Waals surface area contributed by atoms with Crippen molar-refractivity contribution in [2.24, 2.45) is 0 Å². The molecule has 1 aliphatic heterocycles. The van der Waals surface area contributed by atoms with Crippen LogP contribution in [0.4, 0.5) is 4.39 Å². The minimum atomic E-state index is -3.45. The van der Waals surface area contributed by atoms with Gasteiger partial charge in [0.05, 0.1) is 10.8 Å². The van der Waals surface area contributed by atoms with Crippen molar-refractivity contribution in [3.63, 3.8) is 0 Å². The van der Waals surface area contributed by atoms with E-state index in [4.69, 9.17) is 9.26 Å². The molecule has 176 valence electrons. The van der Waals surface area contributed by atoms with Crippen molar-refractivity contribution in [2.75, 3.05) is 40.3 Å². The van der Waals surface area contributed by atoms with Crippen LogP contribution in [0.1, 0.15) is 24.7 Å². The summed E-state index contributed by atoms with van der Waals surface area (Å²) in [6, 6.07) is 12.6. The van der Waals surface area contributed by atoms with Crippen LogP contribution in [-0.4, -0.2) is 68.1 Å². The van der Waals surface area contributed by atoms with Gasteiger partial charge in [0.1, 0.15) is 18.2 Å². The summed E-state index contributed by atoms with van der Waals surface area (Å²) < 4.78 is 50.3. The number of halogens is 1. The smallest absolute Gasteiger partial charge is 0.242 e. The maximum absolute atomic E-state index is 13.5. The third kappa shape index (κ3) is 5.58. The molecule has 0 amide bonds. The van der Waals surface area contributed by atoms with Crippen molar-refractivity contribution >= 4 is 10.0 Å². The van der Waals surface area contributed by atoms with Crippen LogP contribution in [0.3, 0.4) is 0 Å². The molecular formula is C23H27FN4O4S. The van der Waals surface area contributed by atoms with Crippen molar-refractivity contribution in [3.8, 4) is 17.1 Å². The van der Waals surface area contributed by atoms with E-state index < -0.39 is 10.0 Å². The van der Waals surface area contributed by atoms with Gasteiger partial charge < -0.3 is 9.26 Å². The fourth-order valence-electron chi connectivity index (χ4n) is 3.82. The second-order valence-corrected chi connectivity index (χ2v) is 10.4. The summed E-state index contributed by atoms with van der Waals surface area (Å²) >= 11 is 0. The molecule has 0 aliphatic carbocycles. The Morgan fingerprint density at radius 3 is 2.73 bits per heavy atom. The fraction of sp³-hybridized carbons (Fsp3) is 0.391. The number of sulfonamides is 1. The zero-order chi connectivity index (χ0) is 23.4. The lowest BCUT2D eigenvalue weighted by molar-refractivity contribution is 0.157. The normalized spacial score (nSPS) is 17.4. The van der Waals surface area contributed by atoms with Crippen LogP contribution in [0.2, 0.25) is 0 Å². The molecule has 0 radical (unpaired) electrons. The first-order chi connectivity index (χ1) is 15.8. The molecular weight excluding hydrogens is 447 g/mol. The number of nitrogens with zero attached hydrogens (tertiary/aromatic N) is 4. The van der Waals surface area contributed by atoms with Crippen LogP contribution < -0.4 is 4.74 Å². The Morgan fingerprint density at radius 1 is 1.21 bits per heavy atom. The molecule has 1 atom stereocenters. The summed E-state index contributed by atoms with van der Waals surface area (Å²) in [4.78, 5) is 7.01. The van der Waals surface area contributed by atoms with Gasteiger partial charge in [-0.15, -0.1) is 0 Å². The molecule has 0 N–H and O–H groups in total. The number of piperidine rings is 1. The summed E-state index contributed by atoms with van der Waals surface area (Å²) in [6.07, 6.45) is 1.95. The summed E-state index contributed by atoms with van der Waals surface area (Å²) in [6.45, 7) is 2.92. The first kappa shape index (κ1) is 23.3. The van der Waals surface area contributed by atoms with E-state index >= 15 is 0 Å². The monoisotopic (exact) mass is 474 g/mol. The molecule has 1 aromatic heterocycles. The average molecular weight is 475 g/mol. The maximum Gasteiger partial charge on any atom is 0.242 e. The Kier molecular flexibility index (Phi) is 7.06. The minimum absolute atomic E-state index is 0.115. The van der Waals surface area contributed by atoms with Crippen LogP contribution in [-0.2, 0) is 10.0 Å². The lowest BCUT2D eigenvalue weighted by Gasteiger charge is -2.30. The van der Waals surface area contributed by atoms with Crippen molar-refractivity contribution in [1.82, 2.24) is 19.3 Å². The number of hydrogen-bond acceptors (Lipinski definition) is 7. The van der Waals surface area contributed by atoms with Gasteiger partial charge >= 0.3 is 0 Å².